The molecule has 1 aromatic carbocycles. The standard InChI is InChI=1S/C15H15N3O2/c1-15(2)7-11(15)14-18-17-13(20-14)9-19-12-6-4-3-5-10(12)8-16/h3-6,11H,7,9H2,1-2H3/t11-/m1/s1. The SMILES string of the molecule is CC1(C)C[C@@H]1c1nnc(COc2ccccc2C#N)o1. The molecule has 1 aromatic heterocycles. The quantitative estimate of drug-likeness (QED) is 0.853. The van der Waals surface area contributed by atoms with Crippen LogP contribution < -0.4 is 4.74 Å². The third kappa shape index (κ3) is 2.37. The van der Waals surface area contributed by atoms with Crippen LogP contribution in [0.3, 0.4) is 0 Å². The maximum absolute atomic E-state index is 8.98. The van der Waals surface area contributed by atoms with Gasteiger partial charge in [0.25, 0.3) is 5.89 Å². The molecule has 0 N–H and O–H groups in total. The Kier molecular flexibility index (Phi) is 2.94. The van der Waals surface area contributed by atoms with Gasteiger partial charge in [-0.3, -0.25) is 0 Å². The van der Waals surface area contributed by atoms with E-state index in [0.29, 0.717) is 29.0 Å². The average Bonchev–Trinajstić information content (AvgIpc) is 2.88. The smallest absolute Gasteiger partial charge is 0.253 e. The molecule has 0 bridgehead atoms. The molecule has 0 radical (unpaired) electrons. The van der Waals surface area contributed by atoms with Crippen LogP contribution in [-0.4, -0.2) is 10.2 Å². The van der Waals surface area contributed by atoms with E-state index in [1.54, 1.807) is 18.2 Å². The Morgan fingerprint density at radius 1 is 1.40 bits per heavy atom. The fourth-order valence-corrected chi connectivity index (χ4v) is 2.18. The maximum atomic E-state index is 8.98. The number of nitriles is 1. The minimum atomic E-state index is 0.179. The van der Waals surface area contributed by atoms with Crippen LogP contribution in [0.15, 0.2) is 28.7 Å². The topological polar surface area (TPSA) is 71.9 Å². The third-order valence-electron chi connectivity index (χ3n) is 3.65. The number of nitrogens with zero attached hydrogens (tertiary/aromatic N) is 3. The van der Waals surface area contributed by atoms with Crippen molar-refractivity contribution in [1.82, 2.24) is 10.2 Å². The fraction of sp³-hybridized carbons (Fsp3) is 0.400. The summed E-state index contributed by atoms with van der Waals surface area (Å²) in [4.78, 5) is 0. The van der Waals surface area contributed by atoms with Gasteiger partial charge >= 0.3 is 0 Å². The number of hydrogen-bond acceptors (Lipinski definition) is 5. The largest absolute Gasteiger partial charge is 0.482 e. The highest BCUT2D eigenvalue weighted by molar-refractivity contribution is 5.42. The predicted molar refractivity (Wildman–Crippen MR) is 70.9 cm³/mol. The molecule has 102 valence electrons. The Morgan fingerprint density at radius 3 is 2.85 bits per heavy atom. The lowest BCUT2D eigenvalue weighted by Gasteiger charge is -2.04. The molecule has 1 atom stereocenters. The van der Waals surface area contributed by atoms with Gasteiger partial charge in [-0.15, -0.1) is 10.2 Å². The molecular formula is C15H15N3O2. The summed E-state index contributed by atoms with van der Waals surface area (Å²) in [5.74, 6) is 2.01. The van der Waals surface area contributed by atoms with Crippen molar-refractivity contribution in [2.45, 2.75) is 32.8 Å². The summed E-state index contributed by atoms with van der Waals surface area (Å²) >= 11 is 0. The molecule has 1 fully saturated rings. The van der Waals surface area contributed by atoms with Crippen molar-refractivity contribution >= 4 is 0 Å². The van der Waals surface area contributed by atoms with Gasteiger partial charge in [-0.1, -0.05) is 26.0 Å². The highest BCUT2D eigenvalue weighted by Gasteiger charge is 2.50. The van der Waals surface area contributed by atoms with Crippen molar-refractivity contribution in [3.63, 3.8) is 0 Å². The van der Waals surface area contributed by atoms with E-state index < -0.39 is 0 Å². The van der Waals surface area contributed by atoms with Gasteiger partial charge < -0.3 is 9.15 Å². The summed E-state index contributed by atoms with van der Waals surface area (Å²) < 4.78 is 11.2. The van der Waals surface area contributed by atoms with E-state index in [1.165, 1.54) is 0 Å². The highest BCUT2D eigenvalue weighted by Crippen LogP contribution is 2.58. The average molecular weight is 269 g/mol. The van der Waals surface area contributed by atoms with Crippen LogP contribution in [0.5, 0.6) is 5.75 Å². The summed E-state index contributed by atoms with van der Waals surface area (Å²) in [7, 11) is 0. The van der Waals surface area contributed by atoms with Crippen LogP contribution >= 0.6 is 0 Å². The molecular weight excluding hydrogens is 254 g/mol. The van der Waals surface area contributed by atoms with Gasteiger partial charge in [0.15, 0.2) is 6.61 Å². The van der Waals surface area contributed by atoms with Crippen molar-refractivity contribution in [3.05, 3.63) is 41.6 Å². The monoisotopic (exact) mass is 269 g/mol. The number of benzene rings is 1. The lowest BCUT2D eigenvalue weighted by molar-refractivity contribution is 0.257. The Labute approximate surface area is 117 Å². The molecule has 1 heterocycles. The zero-order chi connectivity index (χ0) is 14.2. The number of para-hydroxylation sites is 1. The van der Waals surface area contributed by atoms with E-state index in [9.17, 15) is 0 Å². The van der Waals surface area contributed by atoms with Gasteiger partial charge in [-0.05, 0) is 24.0 Å². The lowest BCUT2D eigenvalue weighted by atomic mass is 10.1. The highest BCUT2D eigenvalue weighted by atomic mass is 16.5. The second-order valence-electron chi connectivity index (χ2n) is 5.68. The van der Waals surface area contributed by atoms with E-state index in [4.69, 9.17) is 14.4 Å². The molecule has 1 aliphatic carbocycles. The van der Waals surface area contributed by atoms with Gasteiger partial charge in [-0.2, -0.15) is 5.26 Å². The normalized spacial score (nSPS) is 19.4. The molecule has 0 aliphatic heterocycles. The zero-order valence-electron chi connectivity index (χ0n) is 11.5. The van der Waals surface area contributed by atoms with E-state index in [2.05, 4.69) is 30.1 Å². The molecule has 20 heavy (non-hydrogen) atoms. The zero-order valence-corrected chi connectivity index (χ0v) is 11.5. The molecule has 0 spiro atoms. The van der Waals surface area contributed by atoms with Crippen LogP contribution in [-0.2, 0) is 6.61 Å². The number of hydrogen-bond donors (Lipinski definition) is 0. The first-order chi connectivity index (χ1) is 9.60. The van der Waals surface area contributed by atoms with Crippen molar-refractivity contribution in [2.75, 3.05) is 0 Å². The minimum absolute atomic E-state index is 0.179. The van der Waals surface area contributed by atoms with Crippen LogP contribution in [0.1, 0.15) is 43.5 Å². The molecule has 1 saturated carbocycles. The first kappa shape index (κ1) is 12.7. The molecule has 0 saturated heterocycles. The van der Waals surface area contributed by atoms with E-state index in [1.807, 2.05) is 6.07 Å². The Hall–Kier alpha value is -2.35. The molecule has 1 aliphatic rings. The molecule has 5 heteroatoms. The molecule has 0 unspecified atom stereocenters. The third-order valence-corrected chi connectivity index (χ3v) is 3.65. The first-order valence-electron chi connectivity index (χ1n) is 6.54. The van der Waals surface area contributed by atoms with Crippen LogP contribution in [0.25, 0.3) is 0 Å². The van der Waals surface area contributed by atoms with Gasteiger partial charge in [-0.25, -0.2) is 0 Å². The van der Waals surface area contributed by atoms with E-state index in [-0.39, 0.29) is 12.0 Å². The van der Waals surface area contributed by atoms with E-state index >= 15 is 0 Å². The lowest BCUT2D eigenvalue weighted by Crippen LogP contribution is -1.97. The Bertz CT molecular complexity index is 670. The molecule has 2 aromatic rings. The maximum Gasteiger partial charge on any atom is 0.253 e. The van der Waals surface area contributed by atoms with Gasteiger partial charge in [0.1, 0.15) is 11.8 Å². The van der Waals surface area contributed by atoms with Crippen molar-refractivity contribution in [2.24, 2.45) is 5.41 Å². The van der Waals surface area contributed by atoms with Crippen molar-refractivity contribution in [3.8, 4) is 11.8 Å². The Balaban J connectivity index is 1.66. The van der Waals surface area contributed by atoms with E-state index in [0.717, 1.165) is 6.42 Å². The van der Waals surface area contributed by atoms with Crippen LogP contribution in [0.4, 0.5) is 0 Å². The summed E-state index contributed by atoms with van der Waals surface area (Å²) in [6.45, 7) is 4.54. The number of aromatic nitrogens is 2. The minimum Gasteiger partial charge on any atom is -0.482 e. The number of rotatable bonds is 4. The number of ether oxygens (including phenoxy) is 1. The van der Waals surface area contributed by atoms with Gasteiger partial charge in [0.2, 0.25) is 5.89 Å². The van der Waals surface area contributed by atoms with Gasteiger partial charge in [0, 0.05) is 5.92 Å². The van der Waals surface area contributed by atoms with Crippen LogP contribution in [0.2, 0.25) is 0 Å². The second-order valence-corrected chi connectivity index (χ2v) is 5.68. The van der Waals surface area contributed by atoms with Crippen molar-refractivity contribution < 1.29 is 9.15 Å². The van der Waals surface area contributed by atoms with Crippen molar-refractivity contribution in [1.29, 1.82) is 5.26 Å². The molecule has 0 amide bonds. The predicted octanol–water partition coefficient (Wildman–Crippen LogP) is 3.03. The van der Waals surface area contributed by atoms with Gasteiger partial charge in [0.05, 0.1) is 5.56 Å². The summed E-state index contributed by atoms with van der Waals surface area (Å²) in [5.41, 5.74) is 0.758. The summed E-state index contributed by atoms with van der Waals surface area (Å²) in [5, 5.41) is 17.0. The van der Waals surface area contributed by atoms with Crippen LogP contribution in [0, 0.1) is 16.7 Å². The fourth-order valence-electron chi connectivity index (χ4n) is 2.18. The summed E-state index contributed by atoms with van der Waals surface area (Å²) in [6.07, 6.45) is 1.08. The molecule has 3 rings (SSSR count). The Morgan fingerprint density at radius 2 is 2.15 bits per heavy atom. The second kappa shape index (κ2) is 4.64. The summed E-state index contributed by atoms with van der Waals surface area (Å²) in [6, 6.07) is 9.16. The first-order valence-corrected chi connectivity index (χ1v) is 6.54. The molecule has 5 nitrogen and oxygen atoms in total.